The van der Waals surface area contributed by atoms with E-state index < -0.39 is 0 Å². The summed E-state index contributed by atoms with van der Waals surface area (Å²) in [5.74, 6) is 0.756. The van der Waals surface area contributed by atoms with Crippen molar-refractivity contribution in [1.29, 1.82) is 0 Å². The van der Waals surface area contributed by atoms with E-state index in [1.807, 2.05) is 6.92 Å². The molecule has 2 nitrogen and oxygen atoms in total. The first-order valence-electron chi connectivity index (χ1n) is 6.23. The number of aromatic nitrogens is 1. The van der Waals surface area contributed by atoms with Gasteiger partial charge in [0.15, 0.2) is 0 Å². The highest BCUT2D eigenvalue weighted by atomic mass is 35.5. The van der Waals surface area contributed by atoms with E-state index in [0.717, 1.165) is 5.56 Å². The van der Waals surface area contributed by atoms with E-state index in [2.05, 4.69) is 4.98 Å². The molecule has 0 atom stereocenters. The highest BCUT2D eigenvalue weighted by Gasteiger charge is 2.13. The van der Waals surface area contributed by atoms with Gasteiger partial charge in [-0.1, -0.05) is 23.2 Å². The maximum atomic E-state index is 12.9. The predicted molar refractivity (Wildman–Crippen MR) is 83.0 cm³/mol. The molecule has 1 heterocycles. The van der Waals surface area contributed by atoms with Gasteiger partial charge in [0.05, 0.1) is 15.9 Å². The van der Waals surface area contributed by atoms with Gasteiger partial charge in [0, 0.05) is 11.2 Å². The molecule has 3 aromatic rings. The molecule has 106 valence electrons. The molecule has 5 heteroatoms. The fraction of sp³-hybridized carbons (Fsp3) is 0.0625. The molecule has 0 aliphatic rings. The zero-order valence-corrected chi connectivity index (χ0v) is 12.5. The summed E-state index contributed by atoms with van der Waals surface area (Å²) in [5.41, 5.74) is 1.41. The van der Waals surface area contributed by atoms with Gasteiger partial charge >= 0.3 is 0 Å². The molecule has 0 radical (unpaired) electrons. The number of benzene rings is 2. The molecule has 0 fully saturated rings. The molecule has 0 saturated carbocycles. The Bertz CT molecular complexity index is 819. The van der Waals surface area contributed by atoms with Gasteiger partial charge < -0.3 is 4.74 Å². The largest absolute Gasteiger partial charge is 0.457 e. The van der Waals surface area contributed by atoms with Crippen LogP contribution in [0.4, 0.5) is 4.39 Å². The second kappa shape index (κ2) is 5.51. The second-order valence-corrected chi connectivity index (χ2v) is 5.34. The van der Waals surface area contributed by atoms with E-state index >= 15 is 0 Å². The lowest BCUT2D eigenvalue weighted by Gasteiger charge is -2.12. The number of hydrogen-bond acceptors (Lipinski definition) is 2. The highest BCUT2D eigenvalue weighted by Crippen LogP contribution is 2.38. The standard InChI is InChI=1S/C16H10Cl2FNO/c1-9-12(17)8-13-15(16(9)18)14(6-7-20-13)21-11-4-2-10(19)3-5-11/h2-8H,1H3. The maximum absolute atomic E-state index is 12.9. The van der Waals surface area contributed by atoms with Crippen molar-refractivity contribution in [2.24, 2.45) is 0 Å². The van der Waals surface area contributed by atoms with Crippen molar-refractivity contribution in [1.82, 2.24) is 4.98 Å². The van der Waals surface area contributed by atoms with Crippen LogP contribution in [0, 0.1) is 12.7 Å². The lowest BCUT2D eigenvalue weighted by molar-refractivity contribution is 0.485. The molecule has 0 unspecified atom stereocenters. The number of halogens is 3. The minimum atomic E-state index is -0.317. The van der Waals surface area contributed by atoms with Crippen molar-refractivity contribution in [2.75, 3.05) is 0 Å². The van der Waals surface area contributed by atoms with Crippen molar-refractivity contribution in [3.63, 3.8) is 0 Å². The van der Waals surface area contributed by atoms with Gasteiger partial charge in [-0.05, 0) is 48.9 Å². The third kappa shape index (κ3) is 2.67. The molecule has 21 heavy (non-hydrogen) atoms. The zero-order chi connectivity index (χ0) is 15.0. The van der Waals surface area contributed by atoms with E-state index in [1.54, 1.807) is 30.5 Å². The number of hydrogen-bond donors (Lipinski definition) is 0. The SMILES string of the molecule is Cc1c(Cl)cc2nccc(Oc3ccc(F)cc3)c2c1Cl. The molecule has 0 spiro atoms. The molecule has 1 aromatic heterocycles. The van der Waals surface area contributed by atoms with Gasteiger partial charge in [-0.2, -0.15) is 0 Å². The lowest BCUT2D eigenvalue weighted by atomic mass is 10.1. The summed E-state index contributed by atoms with van der Waals surface area (Å²) >= 11 is 12.5. The molecule has 3 rings (SSSR count). The number of rotatable bonds is 2. The highest BCUT2D eigenvalue weighted by molar-refractivity contribution is 6.40. The van der Waals surface area contributed by atoms with Crippen molar-refractivity contribution in [2.45, 2.75) is 6.92 Å². The Labute approximate surface area is 131 Å². The Kier molecular flexibility index (Phi) is 3.70. The van der Waals surface area contributed by atoms with Crippen molar-refractivity contribution in [3.8, 4) is 11.5 Å². The second-order valence-electron chi connectivity index (χ2n) is 4.56. The van der Waals surface area contributed by atoms with Gasteiger partial charge in [-0.15, -0.1) is 0 Å². The first-order valence-corrected chi connectivity index (χ1v) is 6.98. The van der Waals surface area contributed by atoms with E-state index in [-0.39, 0.29) is 5.82 Å². The Morgan fingerprint density at radius 1 is 1.10 bits per heavy atom. The van der Waals surface area contributed by atoms with E-state index in [9.17, 15) is 4.39 Å². The van der Waals surface area contributed by atoms with Gasteiger partial charge in [0.25, 0.3) is 0 Å². The monoisotopic (exact) mass is 321 g/mol. The predicted octanol–water partition coefficient (Wildman–Crippen LogP) is 5.78. The third-order valence-corrected chi connectivity index (χ3v) is 4.02. The summed E-state index contributed by atoms with van der Waals surface area (Å²) in [7, 11) is 0. The van der Waals surface area contributed by atoms with Gasteiger partial charge in [0.2, 0.25) is 0 Å². The molecule has 0 aliphatic carbocycles. The van der Waals surface area contributed by atoms with E-state index in [0.29, 0.717) is 32.4 Å². The maximum Gasteiger partial charge on any atom is 0.139 e. The molecule has 0 saturated heterocycles. The number of fused-ring (bicyclic) bond motifs is 1. The average Bonchev–Trinajstić information content (AvgIpc) is 2.47. The Balaban J connectivity index is 2.14. The van der Waals surface area contributed by atoms with Crippen LogP contribution in [0.5, 0.6) is 11.5 Å². The van der Waals surface area contributed by atoms with Crippen LogP contribution in [0.25, 0.3) is 10.9 Å². The number of pyridine rings is 1. The van der Waals surface area contributed by atoms with Crippen LogP contribution < -0.4 is 4.74 Å². The summed E-state index contributed by atoms with van der Waals surface area (Å²) < 4.78 is 18.7. The zero-order valence-electron chi connectivity index (χ0n) is 11.0. The molecular weight excluding hydrogens is 312 g/mol. The third-order valence-electron chi connectivity index (χ3n) is 3.15. The van der Waals surface area contributed by atoms with Crippen LogP contribution >= 0.6 is 23.2 Å². The minimum Gasteiger partial charge on any atom is -0.457 e. The first kappa shape index (κ1) is 14.1. The van der Waals surface area contributed by atoms with Gasteiger partial charge in [0.1, 0.15) is 17.3 Å². The topological polar surface area (TPSA) is 22.1 Å². The summed E-state index contributed by atoms with van der Waals surface area (Å²) in [5, 5.41) is 1.74. The molecule has 0 aliphatic heterocycles. The molecular formula is C16H10Cl2FNO. The normalized spacial score (nSPS) is 10.9. The first-order chi connectivity index (χ1) is 10.1. The quantitative estimate of drug-likeness (QED) is 0.596. The Morgan fingerprint density at radius 2 is 1.81 bits per heavy atom. The van der Waals surface area contributed by atoms with E-state index in [1.165, 1.54) is 12.1 Å². The van der Waals surface area contributed by atoms with Crippen LogP contribution in [0.15, 0.2) is 42.6 Å². The lowest BCUT2D eigenvalue weighted by Crippen LogP contribution is -1.91. The Morgan fingerprint density at radius 3 is 2.52 bits per heavy atom. The summed E-state index contributed by atoms with van der Waals surface area (Å²) in [6, 6.07) is 9.24. The summed E-state index contributed by atoms with van der Waals surface area (Å²) in [6.07, 6.45) is 1.61. The van der Waals surface area contributed by atoms with Crippen molar-refractivity contribution in [3.05, 3.63) is 64.0 Å². The molecule has 0 bridgehead atoms. The average molecular weight is 322 g/mol. The molecule has 0 amide bonds. The molecule has 0 N–H and O–H groups in total. The molecule has 2 aromatic carbocycles. The van der Waals surface area contributed by atoms with Gasteiger partial charge in [-0.25, -0.2) is 4.39 Å². The minimum absolute atomic E-state index is 0.317. The van der Waals surface area contributed by atoms with Crippen LogP contribution in [0.2, 0.25) is 10.0 Å². The van der Waals surface area contributed by atoms with Crippen LogP contribution in [-0.4, -0.2) is 4.98 Å². The fourth-order valence-electron chi connectivity index (χ4n) is 2.02. The van der Waals surface area contributed by atoms with Crippen LogP contribution in [0.1, 0.15) is 5.56 Å². The smallest absolute Gasteiger partial charge is 0.139 e. The Hall–Kier alpha value is -1.84. The number of nitrogens with zero attached hydrogens (tertiary/aromatic N) is 1. The number of ether oxygens (including phenoxy) is 1. The van der Waals surface area contributed by atoms with Crippen LogP contribution in [0.3, 0.4) is 0 Å². The summed E-state index contributed by atoms with van der Waals surface area (Å²) in [6.45, 7) is 1.83. The summed E-state index contributed by atoms with van der Waals surface area (Å²) in [4.78, 5) is 4.25. The van der Waals surface area contributed by atoms with Crippen molar-refractivity contribution >= 4 is 34.1 Å². The fourth-order valence-corrected chi connectivity index (χ4v) is 2.56. The van der Waals surface area contributed by atoms with Crippen LogP contribution in [-0.2, 0) is 0 Å². The van der Waals surface area contributed by atoms with E-state index in [4.69, 9.17) is 27.9 Å². The van der Waals surface area contributed by atoms with Crippen molar-refractivity contribution < 1.29 is 9.13 Å². The van der Waals surface area contributed by atoms with Gasteiger partial charge in [-0.3, -0.25) is 4.98 Å².